The molecule has 0 unspecified atom stereocenters. The van der Waals surface area contributed by atoms with Gasteiger partial charge < -0.3 is 4.90 Å². The topological polar surface area (TPSA) is 3.24 Å². The maximum atomic E-state index is 2.41. The van der Waals surface area contributed by atoms with Crippen molar-refractivity contribution in [1.82, 2.24) is 0 Å². The summed E-state index contributed by atoms with van der Waals surface area (Å²) in [4.78, 5) is 2.41. The molecule has 0 N–H and O–H groups in total. The predicted molar refractivity (Wildman–Crippen MR) is 83.6 cm³/mol. The number of hydrogen-bond acceptors (Lipinski definition) is 1. The first-order chi connectivity index (χ1) is 8.15. The van der Waals surface area contributed by atoms with Crippen LogP contribution in [0.15, 0.2) is 24.3 Å². The third-order valence-electron chi connectivity index (χ3n) is 3.93. The Balaban J connectivity index is 1.88. The van der Waals surface area contributed by atoms with Crippen LogP contribution >= 0.6 is 22.6 Å². The summed E-state index contributed by atoms with van der Waals surface area (Å²) < 4.78 is 1.31. The molecule has 94 valence electrons. The normalized spacial score (nSPS) is 24.6. The zero-order valence-corrected chi connectivity index (χ0v) is 13.0. The molecule has 0 aromatic heterocycles. The van der Waals surface area contributed by atoms with Gasteiger partial charge in [-0.1, -0.05) is 19.8 Å². The average molecular weight is 343 g/mol. The van der Waals surface area contributed by atoms with Gasteiger partial charge in [-0.25, -0.2) is 0 Å². The minimum absolute atomic E-state index is 0.899. The summed E-state index contributed by atoms with van der Waals surface area (Å²) in [5.74, 6) is 1.85. The van der Waals surface area contributed by atoms with Gasteiger partial charge in [-0.3, -0.25) is 0 Å². The quantitative estimate of drug-likeness (QED) is 0.728. The smallest absolute Gasteiger partial charge is 0.0364 e. The molecule has 0 heterocycles. The number of benzene rings is 1. The lowest BCUT2D eigenvalue weighted by molar-refractivity contribution is 0.293. The van der Waals surface area contributed by atoms with E-state index in [-0.39, 0.29) is 0 Å². The molecule has 0 spiro atoms. The Kier molecular flexibility index (Phi) is 4.71. The van der Waals surface area contributed by atoms with Crippen LogP contribution in [0.4, 0.5) is 5.69 Å². The largest absolute Gasteiger partial charge is 0.374 e. The lowest BCUT2D eigenvalue weighted by Gasteiger charge is -2.30. The molecule has 2 heteroatoms. The molecule has 1 saturated carbocycles. The van der Waals surface area contributed by atoms with Crippen molar-refractivity contribution in [3.63, 3.8) is 0 Å². The van der Waals surface area contributed by atoms with Crippen LogP contribution in [0.1, 0.15) is 32.6 Å². The van der Waals surface area contributed by atoms with E-state index < -0.39 is 0 Å². The van der Waals surface area contributed by atoms with Gasteiger partial charge in [0, 0.05) is 22.8 Å². The van der Waals surface area contributed by atoms with Crippen molar-refractivity contribution < 1.29 is 0 Å². The van der Waals surface area contributed by atoms with E-state index in [9.17, 15) is 0 Å². The molecule has 1 fully saturated rings. The van der Waals surface area contributed by atoms with Crippen molar-refractivity contribution in [3.05, 3.63) is 27.8 Å². The van der Waals surface area contributed by atoms with Crippen LogP contribution in [0.5, 0.6) is 0 Å². The van der Waals surface area contributed by atoms with Gasteiger partial charge in [-0.05, 0) is 71.5 Å². The highest BCUT2D eigenvalue weighted by atomic mass is 127. The molecular formula is C15H22IN. The summed E-state index contributed by atoms with van der Waals surface area (Å²) >= 11 is 2.36. The molecule has 1 nitrogen and oxygen atoms in total. The maximum Gasteiger partial charge on any atom is 0.0364 e. The Morgan fingerprint density at radius 2 is 1.71 bits per heavy atom. The van der Waals surface area contributed by atoms with Gasteiger partial charge in [0.05, 0.1) is 0 Å². The van der Waals surface area contributed by atoms with Crippen LogP contribution in [0, 0.1) is 15.4 Å². The molecule has 0 bridgehead atoms. The first-order valence-corrected chi connectivity index (χ1v) is 7.69. The second-order valence-corrected chi connectivity index (χ2v) is 6.73. The summed E-state index contributed by atoms with van der Waals surface area (Å²) in [6.45, 7) is 3.60. The number of anilines is 1. The van der Waals surface area contributed by atoms with Gasteiger partial charge in [-0.15, -0.1) is 0 Å². The molecule has 17 heavy (non-hydrogen) atoms. The molecule has 0 saturated heterocycles. The van der Waals surface area contributed by atoms with E-state index in [4.69, 9.17) is 0 Å². The van der Waals surface area contributed by atoms with Crippen molar-refractivity contribution in [2.45, 2.75) is 32.6 Å². The Morgan fingerprint density at radius 1 is 1.12 bits per heavy atom. The van der Waals surface area contributed by atoms with Gasteiger partial charge in [-0.2, -0.15) is 0 Å². The number of nitrogens with zero attached hydrogens (tertiary/aromatic N) is 1. The summed E-state index contributed by atoms with van der Waals surface area (Å²) in [5.41, 5.74) is 1.35. The SMILES string of the molecule is CC1CCC(CN(C)c2ccc(I)cc2)CC1. The van der Waals surface area contributed by atoms with Crippen molar-refractivity contribution in [2.24, 2.45) is 11.8 Å². The van der Waals surface area contributed by atoms with E-state index >= 15 is 0 Å². The Hall–Kier alpha value is -0.250. The summed E-state index contributed by atoms with van der Waals surface area (Å²) in [7, 11) is 2.22. The van der Waals surface area contributed by atoms with Crippen LogP contribution < -0.4 is 4.90 Å². The molecule has 2 rings (SSSR count). The van der Waals surface area contributed by atoms with E-state index in [0.717, 1.165) is 11.8 Å². The van der Waals surface area contributed by atoms with Crippen molar-refractivity contribution >= 4 is 28.3 Å². The second-order valence-electron chi connectivity index (χ2n) is 5.48. The van der Waals surface area contributed by atoms with Gasteiger partial charge in [0.25, 0.3) is 0 Å². The Bertz CT molecular complexity index is 338. The van der Waals surface area contributed by atoms with Gasteiger partial charge in [0.15, 0.2) is 0 Å². The van der Waals surface area contributed by atoms with E-state index in [0.29, 0.717) is 0 Å². The fourth-order valence-electron chi connectivity index (χ4n) is 2.70. The highest BCUT2D eigenvalue weighted by Crippen LogP contribution is 2.29. The molecule has 0 radical (unpaired) electrons. The monoisotopic (exact) mass is 343 g/mol. The molecule has 0 amide bonds. The van der Waals surface area contributed by atoms with Gasteiger partial charge in [0.2, 0.25) is 0 Å². The third kappa shape index (κ3) is 3.87. The average Bonchev–Trinajstić information content (AvgIpc) is 2.33. The van der Waals surface area contributed by atoms with Crippen molar-refractivity contribution in [2.75, 3.05) is 18.5 Å². The van der Waals surface area contributed by atoms with Crippen LogP contribution in [-0.2, 0) is 0 Å². The van der Waals surface area contributed by atoms with Crippen LogP contribution in [-0.4, -0.2) is 13.6 Å². The third-order valence-corrected chi connectivity index (χ3v) is 4.65. The zero-order valence-electron chi connectivity index (χ0n) is 10.8. The number of halogens is 1. The van der Waals surface area contributed by atoms with E-state index in [1.807, 2.05) is 0 Å². The molecule has 1 aliphatic rings. The first-order valence-electron chi connectivity index (χ1n) is 6.62. The lowest BCUT2D eigenvalue weighted by atomic mass is 9.83. The molecular weight excluding hydrogens is 321 g/mol. The minimum atomic E-state index is 0.899. The maximum absolute atomic E-state index is 2.41. The second kappa shape index (κ2) is 6.07. The molecule has 1 aromatic rings. The van der Waals surface area contributed by atoms with Crippen molar-refractivity contribution in [3.8, 4) is 0 Å². The fraction of sp³-hybridized carbons (Fsp3) is 0.600. The Labute approximate surface area is 119 Å². The lowest BCUT2D eigenvalue weighted by Crippen LogP contribution is -2.28. The molecule has 0 aliphatic heterocycles. The zero-order chi connectivity index (χ0) is 12.3. The minimum Gasteiger partial charge on any atom is -0.374 e. The molecule has 1 aliphatic carbocycles. The van der Waals surface area contributed by atoms with E-state index in [1.165, 1.54) is 41.5 Å². The van der Waals surface area contributed by atoms with Crippen LogP contribution in [0.3, 0.4) is 0 Å². The van der Waals surface area contributed by atoms with Crippen molar-refractivity contribution in [1.29, 1.82) is 0 Å². The standard InChI is InChI=1S/C15H22IN/c1-12-3-5-13(6-4-12)11-17(2)15-9-7-14(16)8-10-15/h7-10,12-13H,3-6,11H2,1-2H3. The Morgan fingerprint density at radius 3 is 2.29 bits per heavy atom. The van der Waals surface area contributed by atoms with Crippen LogP contribution in [0.25, 0.3) is 0 Å². The summed E-state index contributed by atoms with van der Waals surface area (Å²) in [6.07, 6.45) is 5.67. The van der Waals surface area contributed by atoms with Gasteiger partial charge in [0.1, 0.15) is 0 Å². The summed E-state index contributed by atoms with van der Waals surface area (Å²) in [6, 6.07) is 8.84. The summed E-state index contributed by atoms with van der Waals surface area (Å²) in [5, 5.41) is 0. The first kappa shape index (κ1) is 13.2. The van der Waals surface area contributed by atoms with Crippen LogP contribution in [0.2, 0.25) is 0 Å². The molecule has 1 aromatic carbocycles. The number of rotatable bonds is 3. The highest BCUT2D eigenvalue weighted by Gasteiger charge is 2.19. The molecule has 0 atom stereocenters. The van der Waals surface area contributed by atoms with Gasteiger partial charge >= 0.3 is 0 Å². The highest BCUT2D eigenvalue weighted by molar-refractivity contribution is 14.1. The fourth-order valence-corrected chi connectivity index (χ4v) is 3.06. The predicted octanol–water partition coefficient (Wildman–Crippen LogP) is 4.55. The number of hydrogen-bond donors (Lipinski definition) is 0. The van der Waals surface area contributed by atoms with E-state index in [1.54, 1.807) is 0 Å². The van der Waals surface area contributed by atoms with E-state index in [2.05, 4.69) is 65.7 Å².